The summed E-state index contributed by atoms with van der Waals surface area (Å²) >= 11 is 12.2. The van der Waals surface area contributed by atoms with Gasteiger partial charge in [-0.1, -0.05) is 53.5 Å². The Labute approximate surface area is 174 Å². The Kier molecular flexibility index (Phi) is 6.54. The molecular weight excluding hydrogens is 397 g/mol. The minimum absolute atomic E-state index is 0.176. The van der Waals surface area contributed by atoms with E-state index in [4.69, 9.17) is 23.2 Å². The van der Waals surface area contributed by atoms with Crippen LogP contribution in [0.2, 0.25) is 10.0 Å². The van der Waals surface area contributed by atoms with E-state index in [1.54, 1.807) is 35.1 Å². The molecule has 0 radical (unpaired) electrons. The van der Waals surface area contributed by atoms with Gasteiger partial charge in [-0.15, -0.1) is 0 Å². The number of carbonyl (C=O) groups excluding carboxylic acids is 1. The first-order valence-electron chi connectivity index (χ1n) is 8.80. The summed E-state index contributed by atoms with van der Waals surface area (Å²) in [4.78, 5) is 18.1. The van der Waals surface area contributed by atoms with Crippen molar-refractivity contribution in [1.82, 2.24) is 25.0 Å². The molecule has 6 nitrogen and oxygen atoms in total. The average Bonchev–Trinajstić information content (AvgIpc) is 3.19. The van der Waals surface area contributed by atoms with E-state index >= 15 is 0 Å². The topological polar surface area (TPSA) is 63.1 Å². The van der Waals surface area contributed by atoms with E-state index < -0.39 is 0 Å². The monoisotopic (exact) mass is 417 g/mol. The lowest BCUT2D eigenvalue weighted by Crippen LogP contribution is -2.38. The number of aromatic nitrogens is 3. The standard InChI is InChI=1S/C20H21Cl2N5O/c1-14(18-8-7-17(21)9-19(18)22)26(2)20(28)24-10-15-3-5-16(6-4-15)11-27-13-23-12-25-27/h3-9,12-14H,10-11H2,1-2H3,(H,24,28). The first-order valence-corrected chi connectivity index (χ1v) is 9.55. The molecule has 1 unspecified atom stereocenters. The van der Waals surface area contributed by atoms with Crippen molar-refractivity contribution in [2.24, 2.45) is 0 Å². The predicted molar refractivity (Wildman–Crippen MR) is 110 cm³/mol. The number of nitrogens with one attached hydrogen (secondary N) is 1. The number of amides is 2. The van der Waals surface area contributed by atoms with Crippen molar-refractivity contribution in [3.63, 3.8) is 0 Å². The molecule has 1 atom stereocenters. The van der Waals surface area contributed by atoms with Gasteiger partial charge in [-0.3, -0.25) is 0 Å². The lowest BCUT2D eigenvalue weighted by atomic mass is 10.1. The Bertz CT molecular complexity index is 928. The molecule has 0 bridgehead atoms. The summed E-state index contributed by atoms with van der Waals surface area (Å²) in [6.45, 7) is 3.02. The highest BCUT2D eigenvalue weighted by molar-refractivity contribution is 6.35. The lowest BCUT2D eigenvalue weighted by molar-refractivity contribution is 0.194. The number of carbonyl (C=O) groups is 1. The summed E-state index contributed by atoms with van der Waals surface area (Å²) in [5, 5.41) is 8.14. The molecule has 1 aromatic heterocycles. The van der Waals surface area contributed by atoms with Gasteiger partial charge in [0.05, 0.1) is 12.6 Å². The third-order valence-corrected chi connectivity index (χ3v) is 5.15. The van der Waals surface area contributed by atoms with Crippen molar-refractivity contribution >= 4 is 29.2 Å². The van der Waals surface area contributed by atoms with Gasteiger partial charge in [-0.2, -0.15) is 5.10 Å². The number of benzene rings is 2. The number of rotatable bonds is 6. The number of halogens is 2. The second-order valence-corrected chi connectivity index (χ2v) is 7.36. The summed E-state index contributed by atoms with van der Waals surface area (Å²) in [6.07, 6.45) is 3.19. The molecule has 0 spiro atoms. The van der Waals surface area contributed by atoms with Crippen LogP contribution in [0, 0.1) is 0 Å². The SMILES string of the molecule is CC(c1ccc(Cl)cc1Cl)N(C)C(=O)NCc1ccc(Cn2cncn2)cc1. The molecule has 0 aliphatic carbocycles. The molecule has 0 aliphatic rings. The average molecular weight is 418 g/mol. The molecule has 146 valence electrons. The van der Waals surface area contributed by atoms with Gasteiger partial charge in [-0.05, 0) is 35.7 Å². The highest BCUT2D eigenvalue weighted by atomic mass is 35.5. The maximum atomic E-state index is 12.5. The maximum absolute atomic E-state index is 12.5. The Morgan fingerprint density at radius 3 is 2.54 bits per heavy atom. The Hall–Kier alpha value is -2.57. The van der Waals surface area contributed by atoms with Gasteiger partial charge in [-0.25, -0.2) is 14.5 Å². The van der Waals surface area contributed by atoms with Crippen LogP contribution < -0.4 is 5.32 Å². The van der Waals surface area contributed by atoms with Crippen molar-refractivity contribution < 1.29 is 4.79 Å². The molecule has 0 saturated carbocycles. The number of hydrogen-bond donors (Lipinski definition) is 1. The van der Waals surface area contributed by atoms with E-state index in [2.05, 4.69) is 15.4 Å². The Morgan fingerprint density at radius 2 is 1.89 bits per heavy atom. The van der Waals surface area contributed by atoms with E-state index in [1.165, 1.54) is 6.33 Å². The summed E-state index contributed by atoms with van der Waals surface area (Å²) in [5.74, 6) is 0. The van der Waals surface area contributed by atoms with Crippen LogP contribution in [0.5, 0.6) is 0 Å². The van der Waals surface area contributed by atoms with E-state index in [9.17, 15) is 4.79 Å². The number of urea groups is 1. The highest BCUT2D eigenvalue weighted by Gasteiger charge is 2.19. The van der Waals surface area contributed by atoms with Gasteiger partial charge in [0.25, 0.3) is 0 Å². The van der Waals surface area contributed by atoms with E-state index in [-0.39, 0.29) is 12.1 Å². The van der Waals surface area contributed by atoms with Crippen LogP contribution >= 0.6 is 23.2 Å². The second-order valence-electron chi connectivity index (χ2n) is 6.52. The molecule has 1 N–H and O–H groups in total. The first-order chi connectivity index (χ1) is 13.4. The fourth-order valence-electron chi connectivity index (χ4n) is 2.79. The minimum atomic E-state index is -0.185. The lowest BCUT2D eigenvalue weighted by Gasteiger charge is -2.26. The zero-order valence-corrected chi connectivity index (χ0v) is 17.2. The van der Waals surface area contributed by atoms with E-state index in [0.717, 1.165) is 16.7 Å². The van der Waals surface area contributed by atoms with Crippen LogP contribution in [-0.4, -0.2) is 32.7 Å². The molecule has 0 aliphatic heterocycles. The van der Waals surface area contributed by atoms with Crippen LogP contribution in [0.3, 0.4) is 0 Å². The largest absolute Gasteiger partial charge is 0.334 e. The van der Waals surface area contributed by atoms with Crippen LogP contribution in [0.25, 0.3) is 0 Å². The number of nitrogens with zero attached hydrogens (tertiary/aromatic N) is 4. The normalized spacial score (nSPS) is 11.9. The van der Waals surface area contributed by atoms with Gasteiger partial charge < -0.3 is 10.2 Å². The summed E-state index contributed by atoms with van der Waals surface area (Å²) in [7, 11) is 1.74. The molecule has 8 heteroatoms. The molecule has 1 heterocycles. The van der Waals surface area contributed by atoms with Gasteiger partial charge >= 0.3 is 6.03 Å². The van der Waals surface area contributed by atoms with Crippen LogP contribution in [0.4, 0.5) is 4.79 Å². The molecule has 2 aromatic carbocycles. The quantitative estimate of drug-likeness (QED) is 0.640. The minimum Gasteiger partial charge on any atom is -0.334 e. The third kappa shape index (κ3) is 5.03. The first kappa shape index (κ1) is 20.2. The van der Waals surface area contributed by atoms with Crippen LogP contribution in [-0.2, 0) is 13.1 Å². The Balaban J connectivity index is 1.55. The van der Waals surface area contributed by atoms with Gasteiger partial charge in [0.15, 0.2) is 0 Å². The van der Waals surface area contributed by atoms with Crippen molar-refractivity contribution in [3.8, 4) is 0 Å². The Morgan fingerprint density at radius 1 is 1.18 bits per heavy atom. The molecule has 2 amide bonds. The maximum Gasteiger partial charge on any atom is 0.317 e. The molecule has 0 fully saturated rings. The summed E-state index contributed by atoms with van der Waals surface area (Å²) in [5.41, 5.74) is 2.98. The van der Waals surface area contributed by atoms with Crippen LogP contribution in [0.15, 0.2) is 55.1 Å². The molecule has 28 heavy (non-hydrogen) atoms. The molecule has 3 rings (SSSR count). The summed E-state index contributed by atoms with van der Waals surface area (Å²) in [6, 6.07) is 12.9. The zero-order valence-electron chi connectivity index (χ0n) is 15.6. The smallest absolute Gasteiger partial charge is 0.317 e. The third-order valence-electron chi connectivity index (χ3n) is 4.59. The molecule has 3 aromatic rings. The predicted octanol–water partition coefficient (Wildman–Crippen LogP) is 4.54. The molecular formula is C20H21Cl2N5O. The van der Waals surface area contributed by atoms with Gasteiger partial charge in [0.1, 0.15) is 12.7 Å². The van der Waals surface area contributed by atoms with E-state index in [1.807, 2.05) is 37.3 Å². The number of hydrogen-bond acceptors (Lipinski definition) is 3. The van der Waals surface area contributed by atoms with Gasteiger partial charge in [0.2, 0.25) is 0 Å². The van der Waals surface area contributed by atoms with Gasteiger partial charge in [0, 0.05) is 23.6 Å². The van der Waals surface area contributed by atoms with Crippen molar-refractivity contribution in [2.75, 3.05) is 7.05 Å². The zero-order chi connectivity index (χ0) is 20.1. The highest BCUT2D eigenvalue weighted by Crippen LogP contribution is 2.29. The fraction of sp³-hybridized carbons (Fsp3) is 0.250. The fourth-order valence-corrected chi connectivity index (χ4v) is 3.36. The van der Waals surface area contributed by atoms with Crippen molar-refractivity contribution in [3.05, 3.63) is 81.9 Å². The van der Waals surface area contributed by atoms with Crippen molar-refractivity contribution in [1.29, 1.82) is 0 Å². The van der Waals surface area contributed by atoms with Crippen LogP contribution in [0.1, 0.15) is 29.7 Å². The second kappa shape index (κ2) is 9.08. The molecule has 0 saturated heterocycles. The van der Waals surface area contributed by atoms with E-state index in [0.29, 0.717) is 23.1 Å². The van der Waals surface area contributed by atoms with Crippen molar-refractivity contribution in [2.45, 2.75) is 26.1 Å². The summed E-state index contributed by atoms with van der Waals surface area (Å²) < 4.78 is 1.76.